The number of aliphatic hydroxyl groups is 1. The Hall–Kier alpha value is -2.23. The van der Waals surface area contributed by atoms with Crippen LogP contribution in [-0.4, -0.2) is 77.7 Å². The fourth-order valence-electron chi connectivity index (χ4n) is 2.99. The monoisotopic (exact) mass is 366 g/mol. The number of benzene rings is 1. The third kappa shape index (κ3) is 4.69. The van der Waals surface area contributed by atoms with Gasteiger partial charge in [0.05, 0.1) is 30.4 Å². The third-order valence-corrected chi connectivity index (χ3v) is 4.82. The minimum Gasteiger partial charge on any atom is -0.495 e. The van der Waals surface area contributed by atoms with Crippen LogP contribution in [0.2, 0.25) is 0 Å². The highest BCUT2D eigenvalue weighted by molar-refractivity contribution is 5.96. The maximum absolute atomic E-state index is 12.6. The summed E-state index contributed by atoms with van der Waals surface area (Å²) < 4.78 is 5.18. The minimum atomic E-state index is -0.514. The molecule has 0 saturated carbocycles. The van der Waals surface area contributed by atoms with Crippen molar-refractivity contribution in [3.63, 3.8) is 0 Å². The van der Waals surface area contributed by atoms with Gasteiger partial charge in [0.25, 0.3) is 5.69 Å². The first-order valence-corrected chi connectivity index (χ1v) is 8.59. The molecule has 1 aromatic carbocycles. The van der Waals surface area contributed by atoms with Crippen molar-refractivity contribution in [2.75, 3.05) is 45.2 Å². The predicted octanol–water partition coefficient (Wildman–Crippen LogP) is 0.929. The van der Waals surface area contributed by atoms with Gasteiger partial charge in [0.15, 0.2) is 0 Å². The summed E-state index contributed by atoms with van der Waals surface area (Å²) in [7, 11) is 1.45. The first kappa shape index (κ1) is 20.1. The number of hydrogen-bond acceptors (Lipinski definition) is 7. The first-order valence-electron chi connectivity index (χ1n) is 8.59. The lowest BCUT2D eigenvalue weighted by Crippen LogP contribution is -2.55. The summed E-state index contributed by atoms with van der Waals surface area (Å²) in [6, 6.07) is 3.82. The standard InChI is InChI=1S/C17H26N4O5/c1-12(11-22)19-6-8-20(9-7-19)13(2)17(23)18-15-10-14(21(24)25)4-5-16(15)26-3/h4-5,10,12-13,22H,6-9,11H2,1-3H3,(H,18,23)/t12-,13+/m0/s1. The number of methoxy groups -OCH3 is 1. The van der Waals surface area contributed by atoms with E-state index in [1.165, 1.54) is 25.3 Å². The van der Waals surface area contributed by atoms with Crippen LogP contribution in [0.25, 0.3) is 0 Å². The van der Waals surface area contributed by atoms with Crippen molar-refractivity contribution in [3.05, 3.63) is 28.3 Å². The average Bonchev–Trinajstić information content (AvgIpc) is 2.66. The summed E-state index contributed by atoms with van der Waals surface area (Å²) in [5, 5.41) is 22.9. The molecule has 0 aliphatic carbocycles. The van der Waals surface area contributed by atoms with Crippen LogP contribution >= 0.6 is 0 Å². The summed E-state index contributed by atoms with van der Waals surface area (Å²) in [5.74, 6) is 0.130. The number of hydrogen-bond donors (Lipinski definition) is 2. The Balaban J connectivity index is 2.01. The number of carbonyl (C=O) groups excluding carboxylic acids is 1. The number of piperazine rings is 1. The van der Waals surface area contributed by atoms with Gasteiger partial charge < -0.3 is 15.2 Å². The minimum absolute atomic E-state index is 0.107. The number of non-ortho nitro benzene ring substituents is 1. The van der Waals surface area contributed by atoms with Gasteiger partial charge in [-0.3, -0.25) is 24.7 Å². The zero-order valence-corrected chi connectivity index (χ0v) is 15.3. The first-order chi connectivity index (χ1) is 12.4. The number of ether oxygens (including phenoxy) is 1. The lowest BCUT2D eigenvalue weighted by molar-refractivity contribution is -0.384. The number of carbonyl (C=O) groups is 1. The number of nitro benzene ring substituents is 1. The van der Waals surface area contributed by atoms with Crippen molar-refractivity contribution in [2.45, 2.75) is 25.9 Å². The van der Waals surface area contributed by atoms with Crippen molar-refractivity contribution >= 4 is 17.3 Å². The van der Waals surface area contributed by atoms with Crippen molar-refractivity contribution < 1.29 is 19.6 Å². The summed E-state index contributed by atoms with van der Waals surface area (Å²) in [5.41, 5.74) is 0.173. The highest BCUT2D eigenvalue weighted by Gasteiger charge is 2.27. The van der Waals surface area contributed by atoms with Gasteiger partial charge in [-0.05, 0) is 19.9 Å². The molecule has 0 unspecified atom stereocenters. The quantitative estimate of drug-likeness (QED) is 0.546. The fourth-order valence-corrected chi connectivity index (χ4v) is 2.99. The van der Waals surface area contributed by atoms with E-state index in [2.05, 4.69) is 15.1 Å². The molecule has 1 aliphatic rings. The fraction of sp³-hybridized carbons (Fsp3) is 0.588. The van der Waals surface area contributed by atoms with Crippen LogP contribution in [0.15, 0.2) is 18.2 Å². The number of rotatable bonds is 7. The summed E-state index contributed by atoms with van der Waals surface area (Å²) in [6.07, 6.45) is 0. The highest BCUT2D eigenvalue weighted by atomic mass is 16.6. The molecule has 9 nitrogen and oxygen atoms in total. The Morgan fingerprint density at radius 1 is 1.31 bits per heavy atom. The van der Waals surface area contributed by atoms with Gasteiger partial charge in [-0.1, -0.05) is 0 Å². The van der Waals surface area contributed by atoms with Crippen LogP contribution in [0.1, 0.15) is 13.8 Å². The molecule has 0 spiro atoms. The van der Waals surface area contributed by atoms with Crippen molar-refractivity contribution in [2.24, 2.45) is 0 Å². The summed E-state index contributed by atoms with van der Waals surface area (Å²) in [6.45, 7) is 6.88. The number of nitrogens with one attached hydrogen (secondary N) is 1. The van der Waals surface area contributed by atoms with E-state index in [1.54, 1.807) is 0 Å². The van der Waals surface area contributed by atoms with E-state index >= 15 is 0 Å². The molecular formula is C17H26N4O5. The molecule has 1 fully saturated rings. The predicted molar refractivity (Wildman–Crippen MR) is 97.4 cm³/mol. The molecule has 1 aliphatic heterocycles. The lowest BCUT2D eigenvalue weighted by atomic mass is 10.1. The average molecular weight is 366 g/mol. The molecule has 0 radical (unpaired) electrons. The Morgan fingerprint density at radius 2 is 1.92 bits per heavy atom. The molecule has 1 heterocycles. The molecule has 0 bridgehead atoms. The summed E-state index contributed by atoms with van der Waals surface area (Å²) in [4.78, 5) is 27.3. The SMILES string of the molecule is COc1ccc([N+](=O)[O-])cc1NC(=O)[C@@H](C)N1CCN([C@@H](C)CO)CC1. The Labute approximate surface area is 152 Å². The second-order valence-electron chi connectivity index (χ2n) is 6.41. The van der Waals surface area contributed by atoms with Crippen LogP contribution in [0.3, 0.4) is 0 Å². The van der Waals surface area contributed by atoms with Gasteiger partial charge in [-0.2, -0.15) is 0 Å². The molecule has 1 aromatic rings. The molecule has 0 aromatic heterocycles. The topological polar surface area (TPSA) is 108 Å². The van der Waals surface area contributed by atoms with E-state index in [4.69, 9.17) is 4.74 Å². The van der Waals surface area contributed by atoms with Gasteiger partial charge in [-0.25, -0.2) is 0 Å². The Morgan fingerprint density at radius 3 is 2.46 bits per heavy atom. The van der Waals surface area contributed by atoms with E-state index < -0.39 is 4.92 Å². The van der Waals surface area contributed by atoms with Gasteiger partial charge in [-0.15, -0.1) is 0 Å². The van der Waals surface area contributed by atoms with Gasteiger partial charge in [0.2, 0.25) is 5.91 Å². The maximum Gasteiger partial charge on any atom is 0.271 e. The zero-order valence-electron chi connectivity index (χ0n) is 15.3. The largest absolute Gasteiger partial charge is 0.495 e. The molecule has 1 amide bonds. The molecular weight excluding hydrogens is 340 g/mol. The zero-order chi connectivity index (χ0) is 19.3. The lowest BCUT2D eigenvalue weighted by Gasteiger charge is -2.39. The van der Waals surface area contributed by atoms with Crippen LogP contribution in [0.5, 0.6) is 5.75 Å². The van der Waals surface area contributed by atoms with Gasteiger partial charge in [0, 0.05) is 44.4 Å². The van der Waals surface area contributed by atoms with E-state index in [0.29, 0.717) is 18.8 Å². The number of nitro groups is 1. The molecule has 2 atom stereocenters. The smallest absolute Gasteiger partial charge is 0.271 e. The molecule has 2 N–H and O–H groups in total. The van der Waals surface area contributed by atoms with Crippen LogP contribution in [-0.2, 0) is 4.79 Å². The number of anilines is 1. The third-order valence-electron chi connectivity index (χ3n) is 4.82. The number of aliphatic hydroxyl groups excluding tert-OH is 1. The second kappa shape index (κ2) is 8.93. The Bertz CT molecular complexity index is 646. The highest BCUT2D eigenvalue weighted by Crippen LogP contribution is 2.29. The van der Waals surface area contributed by atoms with Crippen molar-refractivity contribution in [1.29, 1.82) is 0 Å². The molecule has 1 saturated heterocycles. The van der Waals surface area contributed by atoms with Crippen LogP contribution < -0.4 is 10.1 Å². The van der Waals surface area contributed by atoms with E-state index in [-0.39, 0.29) is 36.0 Å². The van der Waals surface area contributed by atoms with Gasteiger partial charge in [0.1, 0.15) is 5.75 Å². The number of amides is 1. The normalized spacial score (nSPS) is 18.2. The maximum atomic E-state index is 12.6. The molecule has 2 rings (SSSR count). The van der Waals surface area contributed by atoms with E-state index in [0.717, 1.165) is 13.1 Å². The molecule has 144 valence electrons. The summed E-state index contributed by atoms with van der Waals surface area (Å²) >= 11 is 0. The molecule has 26 heavy (non-hydrogen) atoms. The van der Waals surface area contributed by atoms with Crippen LogP contribution in [0, 0.1) is 10.1 Å². The van der Waals surface area contributed by atoms with Crippen LogP contribution in [0.4, 0.5) is 11.4 Å². The van der Waals surface area contributed by atoms with Gasteiger partial charge >= 0.3 is 0 Å². The number of nitrogens with zero attached hydrogens (tertiary/aromatic N) is 3. The molecule has 9 heteroatoms. The van der Waals surface area contributed by atoms with Crippen molar-refractivity contribution in [1.82, 2.24) is 9.80 Å². The van der Waals surface area contributed by atoms with E-state index in [1.807, 2.05) is 13.8 Å². The second-order valence-corrected chi connectivity index (χ2v) is 6.41. The van der Waals surface area contributed by atoms with Crippen molar-refractivity contribution in [3.8, 4) is 5.75 Å². The Kier molecular flexibility index (Phi) is 6.90. The van der Waals surface area contributed by atoms with E-state index in [9.17, 15) is 20.0 Å².